The predicted octanol–water partition coefficient (Wildman–Crippen LogP) is 3.27. The summed E-state index contributed by atoms with van der Waals surface area (Å²) in [6.45, 7) is 0.388. The fourth-order valence-corrected chi connectivity index (χ4v) is 4.59. The molecule has 5 nitrogen and oxygen atoms in total. The highest BCUT2D eigenvalue weighted by atomic mass is 35.5. The minimum atomic E-state index is -3.77. The maximum Gasteiger partial charge on any atom is 0.337 e. The van der Waals surface area contributed by atoms with E-state index in [4.69, 9.17) is 11.6 Å². The average molecular weight is 366 g/mol. The van der Waals surface area contributed by atoms with Gasteiger partial charge in [0.05, 0.1) is 23.3 Å². The molecule has 0 unspecified atom stereocenters. The Hall–Kier alpha value is -2.05. The lowest BCUT2D eigenvalue weighted by Gasteiger charge is -2.30. The Labute approximate surface area is 145 Å². The molecule has 1 aliphatic heterocycles. The first-order chi connectivity index (χ1) is 11.4. The van der Waals surface area contributed by atoms with Crippen LogP contribution in [0.5, 0.6) is 0 Å². The number of benzene rings is 2. The summed E-state index contributed by atoms with van der Waals surface area (Å²) in [5.41, 5.74) is 1.74. The van der Waals surface area contributed by atoms with Gasteiger partial charge in [0.15, 0.2) is 0 Å². The number of fused-ring (bicyclic) bond motifs is 1. The van der Waals surface area contributed by atoms with E-state index in [-0.39, 0.29) is 10.5 Å². The third-order valence-electron chi connectivity index (χ3n) is 3.96. The second kappa shape index (κ2) is 6.45. The third kappa shape index (κ3) is 2.99. The first kappa shape index (κ1) is 16.8. The number of carbonyl (C=O) groups excluding carboxylic acids is 1. The molecule has 0 saturated heterocycles. The summed E-state index contributed by atoms with van der Waals surface area (Å²) in [5, 5.41) is 0.584. The first-order valence-electron chi connectivity index (χ1n) is 7.43. The molecule has 24 heavy (non-hydrogen) atoms. The van der Waals surface area contributed by atoms with Crippen LogP contribution in [-0.4, -0.2) is 28.0 Å². The molecule has 0 aliphatic carbocycles. The van der Waals surface area contributed by atoms with Crippen molar-refractivity contribution < 1.29 is 17.9 Å². The number of nitrogens with zero attached hydrogens (tertiary/aromatic N) is 1. The topological polar surface area (TPSA) is 63.7 Å². The van der Waals surface area contributed by atoms with Crippen molar-refractivity contribution in [2.45, 2.75) is 17.7 Å². The zero-order chi connectivity index (χ0) is 17.3. The van der Waals surface area contributed by atoms with E-state index in [1.807, 2.05) is 0 Å². The Balaban J connectivity index is 2.05. The summed E-state index contributed by atoms with van der Waals surface area (Å²) in [7, 11) is -2.51. The van der Waals surface area contributed by atoms with Crippen LogP contribution in [0.3, 0.4) is 0 Å². The van der Waals surface area contributed by atoms with Gasteiger partial charge in [-0.25, -0.2) is 13.2 Å². The van der Waals surface area contributed by atoms with Crippen LogP contribution in [0.2, 0.25) is 5.02 Å². The molecular formula is C17H16ClNO4S. The SMILES string of the molecule is COC(=O)c1cccc(S(=O)(=O)N2CCCc3cc(Cl)ccc32)c1. The first-order valence-corrected chi connectivity index (χ1v) is 9.25. The van der Waals surface area contributed by atoms with E-state index in [1.165, 1.54) is 35.7 Å². The quantitative estimate of drug-likeness (QED) is 0.783. The number of rotatable bonds is 3. The Morgan fingerprint density at radius 2 is 2.00 bits per heavy atom. The van der Waals surface area contributed by atoms with Crippen molar-refractivity contribution in [3.05, 3.63) is 58.6 Å². The number of sulfonamides is 1. The molecule has 0 aromatic heterocycles. The maximum atomic E-state index is 13.0. The number of ether oxygens (including phenoxy) is 1. The third-order valence-corrected chi connectivity index (χ3v) is 6.00. The molecule has 3 rings (SSSR count). The monoisotopic (exact) mass is 365 g/mol. The Bertz CT molecular complexity index is 895. The second-order valence-corrected chi connectivity index (χ2v) is 7.77. The van der Waals surface area contributed by atoms with E-state index in [1.54, 1.807) is 18.2 Å². The van der Waals surface area contributed by atoms with Crippen LogP contribution in [0.15, 0.2) is 47.4 Å². The van der Waals surface area contributed by atoms with Crippen molar-refractivity contribution in [2.75, 3.05) is 18.0 Å². The minimum absolute atomic E-state index is 0.0631. The zero-order valence-corrected chi connectivity index (χ0v) is 14.6. The molecule has 126 valence electrons. The smallest absolute Gasteiger partial charge is 0.337 e. The number of anilines is 1. The van der Waals surface area contributed by atoms with E-state index in [9.17, 15) is 13.2 Å². The summed E-state index contributed by atoms with van der Waals surface area (Å²) < 4.78 is 32.1. The molecule has 0 saturated carbocycles. The Morgan fingerprint density at radius 1 is 1.21 bits per heavy atom. The number of hydrogen-bond donors (Lipinski definition) is 0. The fraction of sp³-hybridized carbons (Fsp3) is 0.235. The summed E-state index contributed by atoms with van der Waals surface area (Å²) in [5.74, 6) is -0.571. The number of carbonyl (C=O) groups is 1. The Kier molecular flexibility index (Phi) is 4.51. The molecule has 2 aromatic carbocycles. The van der Waals surface area contributed by atoms with Crippen molar-refractivity contribution in [3.8, 4) is 0 Å². The van der Waals surface area contributed by atoms with Crippen molar-refractivity contribution in [1.29, 1.82) is 0 Å². The van der Waals surface area contributed by atoms with Crippen LogP contribution in [0.25, 0.3) is 0 Å². The van der Waals surface area contributed by atoms with E-state index >= 15 is 0 Å². The highest BCUT2D eigenvalue weighted by Crippen LogP contribution is 2.33. The lowest BCUT2D eigenvalue weighted by molar-refractivity contribution is 0.0600. The van der Waals surface area contributed by atoms with Crippen LogP contribution in [-0.2, 0) is 21.2 Å². The zero-order valence-electron chi connectivity index (χ0n) is 13.0. The van der Waals surface area contributed by atoms with Gasteiger partial charge in [0, 0.05) is 11.6 Å². The molecule has 1 heterocycles. The predicted molar refractivity (Wildman–Crippen MR) is 92.1 cm³/mol. The normalized spacial score (nSPS) is 14.2. The largest absolute Gasteiger partial charge is 0.465 e. The molecule has 0 amide bonds. The van der Waals surface area contributed by atoms with Crippen molar-refractivity contribution in [1.82, 2.24) is 0 Å². The van der Waals surface area contributed by atoms with Gasteiger partial charge in [-0.1, -0.05) is 17.7 Å². The van der Waals surface area contributed by atoms with E-state index in [0.717, 1.165) is 12.0 Å². The number of aryl methyl sites for hydroxylation is 1. The fourth-order valence-electron chi connectivity index (χ4n) is 2.81. The van der Waals surface area contributed by atoms with Gasteiger partial charge in [-0.3, -0.25) is 4.31 Å². The molecular weight excluding hydrogens is 350 g/mol. The summed E-state index contributed by atoms with van der Waals surface area (Å²) in [6.07, 6.45) is 1.49. The summed E-state index contributed by atoms with van der Waals surface area (Å²) in [4.78, 5) is 11.7. The molecule has 0 bridgehead atoms. The van der Waals surface area contributed by atoms with Gasteiger partial charge in [-0.2, -0.15) is 0 Å². The lowest BCUT2D eigenvalue weighted by atomic mass is 10.0. The maximum absolute atomic E-state index is 13.0. The molecule has 0 radical (unpaired) electrons. The Morgan fingerprint density at radius 3 is 2.75 bits per heavy atom. The van der Waals surface area contributed by atoms with Gasteiger partial charge in [-0.15, -0.1) is 0 Å². The van der Waals surface area contributed by atoms with Gasteiger partial charge in [0.25, 0.3) is 10.0 Å². The van der Waals surface area contributed by atoms with Crippen molar-refractivity contribution in [3.63, 3.8) is 0 Å². The number of hydrogen-bond acceptors (Lipinski definition) is 4. The van der Waals surface area contributed by atoms with Crippen LogP contribution in [0, 0.1) is 0 Å². The van der Waals surface area contributed by atoms with Crippen LogP contribution < -0.4 is 4.31 Å². The van der Waals surface area contributed by atoms with Gasteiger partial charge in [-0.05, 0) is 54.8 Å². The molecule has 0 spiro atoms. The molecule has 0 N–H and O–H groups in total. The van der Waals surface area contributed by atoms with Crippen LogP contribution in [0.4, 0.5) is 5.69 Å². The van der Waals surface area contributed by atoms with Crippen molar-refractivity contribution in [2.24, 2.45) is 0 Å². The molecule has 7 heteroatoms. The molecule has 2 aromatic rings. The van der Waals surface area contributed by atoms with Gasteiger partial charge < -0.3 is 4.74 Å². The number of methoxy groups -OCH3 is 1. The average Bonchev–Trinajstić information content (AvgIpc) is 2.60. The number of esters is 1. The standard InChI is InChI=1S/C17H16ClNO4S/c1-23-17(20)13-4-2-6-15(11-13)24(21,22)19-9-3-5-12-10-14(18)7-8-16(12)19/h2,4,6-8,10-11H,3,5,9H2,1H3. The lowest BCUT2D eigenvalue weighted by Crippen LogP contribution is -2.35. The van der Waals surface area contributed by atoms with E-state index < -0.39 is 16.0 Å². The minimum Gasteiger partial charge on any atom is -0.465 e. The second-order valence-electron chi connectivity index (χ2n) is 5.47. The van der Waals surface area contributed by atoms with Gasteiger partial charge >= 0.3 is 5.97 Å². The highest BCUT2D eigenvalue weighted by Gasteiger charge is 2.29. The van der Waals surface area contributed by atoms with Gasteiger partial charge in [0.1, 0.15) is 0 Å². The summed E-state index contributed by atoms with van der Waals surface area (Å²) in [6, 6.07) is 11.1. The van der Waals surface area contributed by atoms with Crippen LogP contribution >= 0.6 is 11.6 Å². The molecule has 0 atom stereocenters. The van der Waals surface area contributed by atoms with Gasteiger partial charge in [0.2, 0.25) is 0 Å². The van der Waals surface area contributed by atoms with E-state index in [2.05, 4.69) is 4.74 Å². The molecule has 0 fully saturated rings. The summed E-state index contributed by atoms with van der Waals surface area (Å²) >= 11 is 6.01. The van der Waals surface area contributed by atoms with Crippen molar-refractivity contribution >= 4 is 33.3 Å². The van der Waals surface area contributed by atoms with Crippen LogP contribution in [0.1, 0.15) is 22.3 Å². The molecule has 1 aliphatic rings. The highest BCUT2D eigenvalue weighted by molar-refractivity contribution is 7.92. The van der Waals surface area contributed by atoms with E-state index in [0.29, 0.717) is 23.7 Å². The number of halogens is 1.